The average Bonchev–Trinajstić information content (AvgIpc) is 2.97. The first kappa shape index (κ1) is 20.3. The molecule has 0 saturated carbocycles. The lowest BCUT2D eigenvalue weighted by molar-refractivity contribution is 0.100. The van der Waals surface area contributed by atoms with Crippen LogP contribution in [-0.2, 0) is 6.54 Å². The maximum Gasteiger partial charge on any atom is 0.248 e. The van der Waals surface area contributed by atoms with Crippen molar-refractivity contribution in [3.8, 4) is 16.9 Å². The second-order valence-electron chi connectivity index (χ2n) is 8.35. The van der Waals surface area contributed by atoms with Gasteiger partial charge in [0.05, 0.1) is 12.4 Å². The van der Waals surface area contributed by atoms with E-state index in [1.54, 1.807) is 12.1 Å². The molecule has 0 aliphatic carbocycles. The van der Waals surface area contributed by atoms with Gasteiger partial charge in [0.2, 0.25) is 5.91 Å². The lowest BCUT2D eigenvalue weighted by atomic mass is 9.99. The maximum atomic E-state index is 11.3. The predicted molar refractivity (Wildman–Crippen MR) is 120 cm³/mol. The largest absolute Gasteiger partial charge is 0.491 e. The number of fused-ring (bicyclic) bond motifs is 1. The lowest BCUT2D eigenvalue weighted by Crippen LogP contribution is -2.40. The van der Waals surface area contributed by atoms with Crippen LogP contribution in [0.3, 0.4) is 0 Å². The van der Waals surface area contributed by atoms with Gasteiger partial charge in [-0.1, -0.05) is 25.1 Å². The minimum atomic E-state index is -0.404. The van der Waals surface area contributed by atoms with Gasteiger partial charge in [-0.2, -0.15) is 0 Å². The third kappa shape index (κ3) is 4.30. The summed E-state index contributed by atoms with van der Waals surface area (Å²) in [6, 6.07) is 13.8. The fraction of sp³-hybridized carbons (Fsp3) is 0.400. The molecular weight excluding hydrogens is 374 g/mol. The lowest BCUT2D eigenvalue weighted by Gasteiger charge is -2.39. The van der Waals surface area contributed by atoms with Gasteiger partial charge in [-0.3, -0.25) is 4.79 Å². The molecule has 1 amide bonds. The molecule has 1 saturated heterocycles. The quantitative estimate of drug-likeness (QED) is 0.827. The Bertz CT molecular complexity index is 928. The van der Waals surface area contributed by atoms with Crippen molar-refractivity contribution in [3.63, 3.8) is 0 Å². The fourth-order valence-electron chi connectivity index (χ4n) is 4.40. The first-order valence-electron chi connectivity index (χ1n) is 10.9. The van der Waals surface area contributed by atoms with Gasteiger partial charge in [0, 0.05) is 30.8 Å². The van der Waals surface area contributed by atoms with Crippen molar-refractivity contribution in [1.82, 2.24) is 9.80 Å². The zero-order chi connectivity index (χ0) is 21.1. The van der Waals surface area contributed by atoms with Crippen LogP contribution in [0, 0.1) is 5.92 Å². The number of hydrogen-bond acceptors (Lipinski definition) is 4. The summed E-state index contributed by atoms with van der Waals surface area (Å²) in [5, 5.41) is 0. The Morgan fingerprint density at radius 3 is 2.40 bits per heavy atom. The van der Waals surface area contributed by atoms with Crippen LogP contribution in [0.5, 0.6) is 5.75 Å². The van der Waals surface area contributed by atoms with E-state index in [0.717, 1.165) is 49.0 Å². The van der Waals surface area contributed by atoms with Crippen LogP contribution in [0.15, 0.2) is 54.4 Å². The highest BCUT2D eigenvalue weighted by molar-refractivity contribution is 5.93. The highest BCUT2D eigenvalue weighted by Crippen LogP contribution is 2.31. The number of carbonyl (C=O) groups excluding carboxylic acids is 1. The van der Waals surface area contributed by atoms with E-state index in [1.807, 2.05) is 12.1 Å². The Balaban J connectivity index is 1.57. The van der Waals surface area contributed by atoms with E-state index in [0.29, 0.717) is 12.2 Å². The van der Waals surface area contributed by atoms with Crippen LogP contribution < -0.4 is 10.5 Å². The van der Waals surface area contributed by atoms with Crippen LogP contribution in [0.2, 0.25) is 0 Å². The highest BCUT2D eigenvalue weighted by Gasteiger charge is 2.24. The van der Waals surface area contributed by atoms with Crippen LogP contribution >= 0.6 is 0 Å². The zero-order valence-corrected chi connectivity index (χ0v) is 17.9. The van der Waals surface area contributed by atoms with Crippen molar-refractivity contribution < 1.29 is 9.53 Å². The fourth-order valence-corrected chi connectivity index (χ4v) is 4.40. The molecule has 0 atom stereocenters. The second kappa shape index (κ2) is 8.82. The minimum Gasteiger partial charge on any atom is -0.491 e. The number of rotatable bonds is 4. The van der Waals surface area contributed by atoms with Gasteiger partial charge in [-0.15, -0.1) is 0 Å². The summed E-state index contributed by atoms with van der Waals surface area (Å²) >= 11 is 0. The Kier molecular flexibility index (Phi) is 5.98. The van der Waals surface area contributed by atoms with Gasteiger partial charge in [-0.05, 0) is 67.2 Å². The van der Waals surface area contributed by atoms with Crippen molar-refractivity contribution in [2.75, 3.05) is 26.2 Å². The van der Waals surface area contributed by atoms with Crippen molar-refractivity contribution in [1.29, 1.82) is 0 Å². The number of primary amides is 1. The molecule has 2 N–H and O–H groups in total. The molecule has 1 fully saturated rings. The molecule has 0 spiro atoms. The maximum absolute atomic E-state index is 11.3. The topological polar surface area (TPSA) is 58.8 Å². The number of nitrogens with two attached hydrogens (primary N) is 1. The molecule has 5 nitrogen and oxygen atoms in total. The summed E-state index contributed by atoms with van der Waals surface area (Å²) < 4.78 is 6.07. The Labute approximate surface area is 179 Å². The first-order chi connectivity index (χ1) is 14.5. The predicted octanol–water partition coefficient (Wildman–Crippen LogP) is 4.24. The highest BCUT2D eigenvalue weighted by atomic mass is 16.5. The molecule has 2 aliphatic heterocycles. The van der Waals surface area contributed by atoms with E-state index in [1.165, 1.54) is 24.2 Å². The number of likely N-dealkylation sites (tertiary alicyclic amines) is 1. The summed E-state index contributed by atoms with van der Waals surface area (Å²) in [4.78, 5) is 16.3. The molecule has 158 valence electrons. The van der Waals surface area contributed by atoms with Crippen molar-refractivity contribution in [3.05, 3.63) is 65.5 Å². The number of hydrogen-bond donors (Lipinski definition) is 1. The molecule has 2 aromatic carbocycles. The number of carbonyl (C=O) groups is 1. The Morgan fingerprint density at radius 2 is 1.73 bits per heavy atom. The van der Waals surface area contributed by atoms with Gasteiger partial charge in [0.15, 0.2) is 0 Å². The molecule has 2 aromatic rings. The molecule has 0 radical (unpaired) electrons. The third-order valence-electron chi connectivity index (χ3n) is 6.23. The van der Waals surface area contributed by atoms with Crippen LogP contribution in [-0.4, -0.2) is 41.9 Å². The average molecular weight is 406 g/mol. The molecule has 0 unspecified atom stereocenters. The van der Waals surface area contributed by atoms with Crippen LogP contribution in [0.4, 0.5) is 0 Å². The van der Waals surface area contributed by atoms with Crippen molar-refractivity contribution in [2.45, 2.75) is 33.2 Å². The summed E-state index contributed by atoms with van der Waals surface area (Å²) in [6.07, 6.45) is 4.75. The van der Waals surface area contributed by atoms with Gasteiger partial charge >= 0.3 is 0 Å². The van der Waals surface area contributed by atoms with E-state index in [2.05, 4.69) is 47.9 Å². The molecule has 0 bridgehead atoms. The van der Waals surface area contributed by atoms with E-state index >= 15 is 0 Å². The summed E-state index contributed by atoms with van der Waals surface area (Å²) in [5.74, 6) is 2.68. The van der Waals surface area contributed by atoms with Gasteiger partial charge in [0.25, 0.3) is 0 Å². The standard InChI is InChI=1S/C25H31N3O2/c1-3-24(27-12-10-18(2)11-13-27)28-14-15-30-23-9-8-21(16-22(23)17-28)19-4-6-20(7-5-19)25(26)29/h3-9,16,18H,10-15,17H2,1-2H3,(H2,26,29)/b24-3+. The minimum absolute atomic E-state index is 0.404. The molecular formula is C25H31N3O2. The van der Waals surface area contributed by atoms with Crippen LogP contribution in [0.25, 0.3) is 11.1 Å². The summed E-state index contributed by atoms with van der Waals surface area (Å²) in [7, 11) is 0. The summed E-state index contributed by atoms with van der Waals surface area (Å²) in [6.45, 7) is 9.12. The monoisotopic (exact) mass is 405 g/mol. The number of benzene rings is 2. The molecule has 30 heavy (non-hydrogen) atoms. The molecule has 2 heterocycles. The molecule has 5 heteroatoms. The number of ether oxygens (including phenoxy) is 1. The Morgan fingerprint density at radius 1 is 1.03 bits per heavy atom. The zero-order valence-electron chi connectivity index (χ0n) is 17.9. The van der Waals surface area contributed by atoms with Crippen molar-refractivity contribution >= 4 is 5.91 Å². The number of piperidine rings is 1. The van der Waals surface area contributed by atoms with Gasteiger partial charge < -0.3 is 20.3 Å². The molecule has 0 aromatic heterocycles. The SMILES string of the molecule is C/C=C(\N1CCC(C)CC1)N1CCOc2ccc(-c3ccc(C(N)=O)cc3)cc2C1. The number of amides is 1. The van der Waals surface area contributed by atoms with Gasteiger partial charge in [-0.25, -0.2) is 0 Å². The molecule has 2 aliphatic rings. The van der Waals surface area contributed by atoms with E-state index in [-0.39, 0.29) is 0 Å². The van der Waals surface area contributed by atoms with Gasteiger partial charge in [0.1, 0.15) is 12.4 Å². The van der Waals surface area contributed by atoms with E-state index < -0.39 is 5.91 Å². The number of nitrogens with zero attached hydrogens (tertiary/aromatic N) is 2. The van der Waals surface area contributed by atoms with Crippen LogP contribution in [0.1, 0.15) is 42.6 Å². The first-order valence-corrected chi connectivity index (χ1v) is 10.9. The Hall–Kier alpha value is -2.95. The summed E-state index contributed by atoms with van der Waals surface area (Å²) in [5.41, 5.74) is 9.26. The number of allylic oxidation sites excluding steroid dienone is 1. The van der Waals surface area contributed by atoms with E-state index in [9.17, 15) is 4.79 Å². The molecule has 4 rings (SSSR count). The van der Waals surface area contributed by atoms with E-state index in [4.69, 9.17) is 10.5 Å². The normalized spacial score (nSPS) is 17.9. The smallest absolute Gasteiger partial charge is 0.248 e. The third-order valence-corrected chi connectivity index (χ3v) is 6.23. The second-order valence-corrected chi connectivity index (χ2v) is 8.35. The van der Waals surface area contributed by atoms with Crippen molar-refractivity contribution in [2.24, 2.45) is 11.7 Å².